The summed E-state index contributed by atoms with van der Waals surface area (Å²) in [6.45, 7) is 6.53. The highest BCUT2D eigenvalue weighted by Gasteiger charge is 2.21. The summed E-state index contributed by atoms with van der Waals surface area (Å²) in [4.78, 5) is 17.1. The Kier molecular flexibility index (Phi) is 5.80. The molecule has 4 rings (SSSR count). The molecule has 2 aromatic heterocycles. The van der Waals surface area contributed by atoms with E-state index in [-0.39, 0.29) is 6.04 Å². The first-order chi connectivity index (χ1) is 14.1. The van der Waals surface area contributed by atoms with Crippen LogP contribution in [0.3, 0.4) is 0 Å². The summed E-state index contributed by atoms with van der Waals surface area (Å²) in [5.41, 5.74) is 0.525. The molecule has 1 N–H and O–H groups in total. The Morgan fingerprint density at radius 1 is 1.00 bits per heavy atom. The van der Waals surface area contributed by atoms with E-state index in [1.54, 1.807) is 12.1 Å². The van der Waals surface area contributed by atoms with E-state index in [4.69, 9.17) is 0 Å². The van der Waals surface area contributed by atoms with Crippen LogP contribution in [0.15, 0.2) is 48.7 Å². The highest BCUT2D eigenvalue weighted by atomic mass is 19.3. The molecule has 1 saturated heterocycles. The molecule has 152 valence electrons. The number of piperazine rings is 1. The predicted octanol–water partition coefficient (Wildman–Crippen LogP) is 3.59. The number of alkyl halides is 2. The molecule has 1 aliphatic heterocycles. The third kappa shape index (κ3) is 4.59. The lowest BCUT2D eigenvalue weighted by Crippen LogP contribution is -2.49. The van der Waals surface area contributed by atoms with Crippen molar-refractivity contribution in [3.8, 4) is 0 Å². The molecule has 6 nitrogen and oxygen atoms in total. The van der Waals surface area contributed by atoms with Crippen molar-refractivity contribution in [3.05, 3.63) is 54.5 Å². The highest BCUT2D eigenvalue weighted by Crippen LogP contribution is 2.25. The standard InChI is InChI=1S/C21H24F2N6/c1-15(14-28-10-12-29(13-11-28)18-8-4-5-9-24-18)25-20-16-6-2-3-7-17(16)26-21(27-20)19(22)23/h2-9,15,19H,10-14H2,1H3,(H,25,26,27). The van der Waals surface area contributed by atoms with E-state index in [2.05, 4.69) is 30.1 Å². The normalized spacial score (nSPS) is 16.3. The van der Waals surface area contributed by atoms with Crippen LogP contribution in [0.2, 0.25) is 0 Å². The largest absolute Gasteiger partial charge is 0.366 e. The number of para-hydroxylation sites is 1. The molecule has 8 heteroatoms. The van der Waals surface area contributed by atoms with Gasteiger partial charge in [0.1, 0.15) is 11.6 Å². The quantitative estimate of drug-likeness (QED) is 0.685. The van der Waals surface area contributed by atoms with Crippen LogP contribution in [0.25, 0.3) is 10.9 Å². The smallest absolute Gasteiger partial charge is 0.297 e. The lowest BCUT2D eigenvalue weighted by molar-refractivity contribution is 0.141. The van der Waals surface area contributed by atoms with Crippen molar-refractivity contribution < 1.29 is 8.78 Å². The molecule has 1 aliphatic rings. The number of nitrogens with one attached hydrogen (secondary N) is 1. The van der Waals surface area contributed by atoms with Crippen molar-refractivity contribution in [3.63, 3.8) is 0 Å². The number of hydrogen-bond donors (Lipinski definition) is 1. The molecule has 1 fully saturated rings. The van der Waals surface area contributed by atoms with Gasteiger partial charge in [-0.2, -0.15) is 0 Å². The second-order valence-electron chi connectivity index (χ2n) is 7.27. The first kappa shape index (κ1) is 19.4. The van der Waals surface area contributed by atoms with E-state index in [0.717, 1.165) is 43.9 Å². The Hall–Kier alpha value is -2.87. The molecule has 0 spiro atoms. The van der Waals surface area contributed by atoms with E-state index in [1.807, 2.05) is 43.5 Å². The van der Waals surface area contributed by atoms with Crippen molar-refractivity contribution in [2.24, 2.45) is 0 Å². The van der Waals surface area contributed by atoms with Crippen LogP contribution in [0.4, 0.5) is 20.4 Å². The van der Waals surface area contributed by atoms with E-state index in [1.165, 1.54) is 0 Å². The van der Waals surface area contributed by atoms with Gasteiger partial charge in [0, 0.05) is 50.3 Å². The minimum Gasteiger partial charge on any atom is -0.366 e. The average Bonchev–Trinajstić information content (AvgIpc) is 2.74. The van der Waals surface area contributed by atoms with Crippen molar-refractivity contribution >= 4 is 22.5 Å². The van der Waals surface area contributed by atoms with Gasteiger partial charge in [0.25, 0.3) is 6.43 Å². The monoisotopic (exact) mass is 398 g/mol. The zero-order valence-corrected chi connectivity index (χ0v) is 16.3. The fourth-order valence-corrected chi connectivity index (χ4v) is 3.67. The Morgan fingerprint density at radius 2 is 1.76 bits per heavy atom. The number of benzene rings is 1. The maximum absolute atomic E-state index is 13.2. The van der Waals surface area contributed by atoms with E-state index in [0.29, 0.717) is 11.3 Å². The predicted molar refractivity (Wildman–Crippen MR) is 110 cm³/mol. The second-order valence-corrected chi connectivity index (χ2v) is 7.27. The molecule has 0 radical (unpaired) electrons. The lowest BCUT2D eigenvalue weighted by Gasteiger charge is -2.36. The SMILES string of the molecule is CC(CN1CCN(c2ccccn2)CC1)Nc1nc(C(F)F)nc2ccccc12. The van der Waals surface area contributed by atoms with Crippen LogP contribution in [-0.2, 0) is 0 Å². The van der Waals surface area contributed by atoms with Crippen molar-refractivity contribution in [2.45, 2.75) is 19.4 Å². The van der Waals surface area contributed by atoms with Crippen LogP contribution >= 0.6 is 0 Å². The zero-order chi connectivity index (χ0) is 20.2. The number of nitrogens with zero attached hydrogens (tertiary/aromatic N) is 5. The van der Waals surface area contributed by atoms with Crippen LogP contribution in [0.5, 0.6) is 0 Å². The highest BCUT2D eigenvalue weighted by molar-refractivity contribution is 5.89. The molecule has 0 bridgehead atoms. The minimum absolute atomic E-state index is 0.0558. The van der Waals surface area contributed by atoms with Gasteiger partial charge in [-0.3, -0.25) is 4.90 Å². The maximum atomic E-state index is 13.2. The van der Waals surface area contributed by atoms with Gasteiger partial charge in [0.15, 0.2) is 5.82 Å². The third-order valence-corrected chi connectivity index (χ3v) is 5.08. The third-order valence-electron chi connectivity index (χ3n) is 5.08. The number of pyridine rings is 1. The number of halogens is 2. The summed E-state index contributed by atoms with van der Waals surface area (Å²) in [6, 6.07) is 13.2. The summed E-state index contributed by atoms with van der Waals surface area (Å²) in [5.74, 6) is 1.03. The summed E-state index contributed by atoms with van der Waals surface area (Å²) in [6.07, 6.45) is -0.886. The number of rotatable bonds is 6. The first-order valence-electron chi connectivity index (χ1n) is 9.80. The molecule has 1 atom stereocenters. The Bertz CT molecular complexity index is 944. The van der Waals surface area contributed by atoms with Crippen LogP contribution in [0.1, 0.15) is 19.2 Å². The van der Waals surface area contributed by atoms with Crippen molar-refractivity contribution in [1.29, 1.82) is 0 Å². The summed E-state index contributed by atoms with van der Waals surface area (Å²) in [7, 11) is 0. The molecule has 3 heterocycles. The fourth-order valence-electron chi connectivity index (χ4n) is 3.67. The van der Waals surface area contributed by atoms with Crippen molar-refractivity contribution in [1.82, 2.24) is 19.9 Å². The van der Waals surface area contributed by atoms with Gasteiger partial charge in [-0.05, 0) is 31.2 Å². The van der Waals surface area contributed by atoms with Crippen LogP contribution in [-0.4, -0.2) is 58.6 Å². The summed E-state index contributed by atoms with van der Waals surface area (Å²) >= 11 is 0. The second kappa shape index (κ2) is 8.65. The molecule has 3 aromatic rings. The van der Waals surface area contributed by atoms with Gasteiger partial charge in [0.05, 0.1) is 5.52 Å². The molecular weight excluding hydrogens is 374 g/mol. The minimum atomic E-state index is -2.70. The Balaban J connectivity index is 1.40. The summed E-state index contributed by atoms with van der Waals surface area (Å²) in [5, 5.41) is 4.07. The van der Waals surface area contributed by atoms with E-state index < -0.39 is 12.2 Å². The van der Waals surface area contributed by atoms with Gasteiger partial charge in [-0.25, -0.2) is 23.7 Å². The van der Waals surface area contributed by atoms with Gasteiger partial charge in [0.2, 0.25) is 0 Å². The van der Waals surface area contributed by atoms with Crippen LogP contribution < -0.4 is 10.2 Å². The Labute approximate surface area is 168 Å². The number of aromatic nitrogens is 3. The van der Waals surface area contributed by atoms with Gasteiger partial charge in [-0.1, -0.05) is 18.2 Å². The maximum Gasteiger partial charge on any atom is 0.297 e. The lowest BCUT2D eigenvalue weighted by atomic mass is 10.2. The molecule has 0 aliphatic carbocycles. The average molecular weight is 398 g/mol. The molecular formula is C21H24F2N6. The molecule has 0 saturated carbocycles. The van der Waals surface area contributed by atoms with Gasteiger partial charge >= 0.3 is 0 Å². The Morgan fingerprint density at radius 3 is 2.48 bits per heavy atom. The fraction of sp³-hybridized carbons (Fsp3) is 0.381. The van der Waals surface area contributed by atoms with Crippen LogP contribution in [0, 0.1) is 0 Å². The van der Waals surface area contributed by atoms with E-state index >= 15 is 0 Å². The molecule has 29 heavy (non-hydrogen) atoms. The van der Waals surface area contributed by atoms with Gasteiger partial charge in [-0.15, -0.1) is 0 Å². The number of anilines is 2. The zero-order valence-electron chi connectivity index (χ0n) is 16.3. The first-order valence-corrected chi connectivity index (χ1v) is 9.80. The molecule has 0 amide bonds. The van der Waals surface area contributed by atoms with Crippen molar-refractivity contribution in [2.75, 3.05) is 42.9 Å². The number of fused-ring (bicyclic) bond motifs is 1. The topological polar surface area (TPSA) is 57.2 Å². The summed E-state index contributed by atoms with van der Waals surface area (Å²) < 4.78 is 26.4. The number of hydrogen-bond acceptors (Lipinski definition) is 6. The van der Waals surface area contributed by atoms with Gasteiger partial charge < -0.3 is 10.2 Å². The molecule has 1 unspecified atom stereocenters. The van der Waals surface area contributed by atoms with E-state index in [9.17, 15) is 8.78 Å². The molecule has 1 aromatic carbocycles.